The zero-order valence-corrected chi connectivity index (χ0v) is 89.4. The zero-order chi connectivity index (χ0) is 104. The van der Waals surface area contributed by atoms with E-state index in [2.05, 4.69) is 110 Å². The number of Topliss-reactive ketones (excluding diaryl/α,β-unsaturated/α-hetero) is 2. The van der Waals surface area contributed by atoms with Gasteiger partial charge in [0.1, 0.15) is 12.1 Å². The molecule has 0 aromatic carbocycles. The van der Waals surface area contributed by atoms with Gasteiger partial charge in [-0.3, -0.25) is 42.5 Å². The Bertz CT molecular complexity index is 5190. The largest absolute Gasteiger partial charge is 1.00 e. The first kappa shape index (κ1) is 138. The number of aromatic nitrogens is 8. The molecule has 0 amide bonds. The molecule has 0 aliphatic heterocycles. The van der Waals surface area contributed by atoms with Gasteiger partial charge in [0.05, 0.1) is 149 Å². The molecular formula is C92H126BBr2FN8Na2O32PS. The number of ketones is 2. The summed E-state index contributed by atoms with van der Waals surface area (Å²) in [6, 6.07) is 15.2. The van der Waals surface area contributed by atoms with E-state index in [1.807, 2.05) is 18.2 Å². The second kappa shape index (κ2) is 84.1. The number of hydrogen-bond acceptors (Lipinski definition) is 40. The Kier molecular flexibility index (Phi) is 82.9. The van der Waals surface area contributed by atoms with Crippen molar-refractivity contribution in [3.05, 3.63) is 198 Å². The number of methoxy groups -OCH3 is 11. The Morgan fingerprint density at radius 3 is 1.39 bits per heavy atom. The third-order valence-electron chi connectivity index (χ3n) is 16.8. The number of aliphatic hydroxyl groups is 2. The number of pyridine rings is 8. The quantitative estimate of drug-likeness (QED) is 0.00379. The Hall–Kier alpha value is -10.6. The molecular weight excluding hydrogens is 2030 g/mol. The van der Waals surface area contributed by atoms with Crippen molar-refractivity contribution in [1.82, 2.24) is 39.9 Å². The van der Waals surface area contributed by atoms with Crippen LogP contribution in [0, 0.1) is 12.6 Å². The summed E-state index contributed by atoms with van der Waals surface area (Å²) in [5.74, 6) is -0.473. The van der Waals surface area contributed by atoms with Crippen molar-refractivity contribution in [3.8, 4) is 47.0 Å². The molecule has 140 heavy (non-hydrogen) atoms. The summed E-state index contributed by atoms with van der Waals surface area (Å²) in [5.41, 5.74) is 7.76. The van der Waals surface area contributed by atoms with E-state index in [1.54, 1.807) is 106 Å². The number of thiol groups is 1. The van der Waals surface area contributed by atoms with Crippen LogP contribution < -0.4 is 97.0 Å². The summed E-state index contributed by atoms with van der Waals surface area (Å²) in [5, 5.41) is 16.5. The summed E-state index contributed by atoms with van der Waals surface area (Å²) in [7, 11) is 12.7. The number of hydrogen-bond donors (Lipinski definition) is 3. The van der Waals surface area contributed by atoms with Crippen LogP contribution in [0.25, 0.3) is 6.08 Å². The molecule has 3 aliphatic rings. The number of alkyl halides is 1. The molecule has 0 bridgehead atoms. The molecule has 11 rings (SSSR count). The monoisotopic (exact) mass is 2150 g/mol. The number of aryl methyl sites for hydroxylation is 3. The Morgan fingerprint density at radius 2 is 0.936 bits per heavy atom. The standard InChI is InChI=1S/C13H17NO5.C13H15NO5.C12H13NO4.C9H9NO4.C9H11NO2.C9H9NO2.C8H17O5P.C7H6BrNO2.C6H6BrNO.CH3F.CH4O.CO.CH4S.2CH4.B.2Na.H2.2H/c2*1-4-19-12(15)6-5-9-7-11(17-2)14-8-10(9)13(16)18-3;1-3-17-12(15)8-4-7-5-10(16-2)13-6-9(7)11(8)14;1-13-8-3-6(5-11)7(4-10-8)9(12)14-2;2*1-12-9-4-6-2-3-8(11)7(6)5-10-9;1-4-11-8(9)7-14(10,12-5-2)13-6-3;1-11-7-2-5(4-10)6(8)3-9-7;1-9-6-3-2-5(7)4-8-6;4*1-2;;;;;;;;/h7-8H,4-6H2,1-3H3;5-8H,4H2,1-3H3;5-6,8H,3-4H2,1-2H3;3-5H,1-2H3;4-5,8,11H,2-3H2,1H3;4-5H,2-3H2,1H3;4-7H2,1-3H3;2-4H,1H3;2-4H,1H3;1H3;2H,1H3;;2H,1H3;2*1H4;;;;1H;;/q;;;;;;;;;;;;;;;;2*+1;;2*-1/b;6-5+;;;;;;;;;;;;;;;;;;;/i;;;;;;;;;1D;;;1D;;;;;;;;. The first-order valence-corrected chi connectivity index (χ1v) is 43.8. The molecule has 8 heterocycles. The van der Waals surface area contributed by atoms with E-state index < -0.39 is 56.5 Å². The summed E-state index contributed by atoms with van der Waals surface area (Å²) in [4.78, 5) is 155. The molecule has 48 heteroatoms. The van der Waals surface area contributed by atoms with Gasteiger partial charge < -0.3 is 93.2 Å². The predicted octanol–water partition coefficient (Wildman–Crippen LogP) is 8.22. The van der Waals surface area contributed by atoms with Crippen LogP contribution in [0.1, 0.15) is 195 Å². The van der Waals surface area contributed by atoms with E-state index in [0.717, 1.165) is 64.9 Å². The summed E-state index contributed by atoms with van der Waals surface area (Å²) >= 11 is 9.88. The fourth-order valence-electron chi connectivity index (χ4n) is 10.7. The maximum atomic E-state index is 11.9. The predicted molar refractivity (Wildman–Crippen MR) is 521 cm³/mol. The number of halogens is 3. The van der Waals surface area contributed by atoms with Crippen molar-refractivity contribution in [2.24, 2.45) is 5.92 Å². The normalized spacial score (nSPS) is 11.6. The van der Waals surface area contributed by atoms with Crippen molar-refractivity contribution in [3.63, 3.8) is 0 Å². The zero-order valence-electron chi connectivity index (χ0n) is 84.4. The minimum Gasteiger partial charge on any atom is -1.00 e. The Labute approximate surface area is 891 Å². The van der Waals surface area contributed by atoms with Crippen molar-refractivity contribution in [2.45, 2.75) is 107 Å². The van der Waals surface area contributed by atoms with Gasteiger partial charge in [0.25, 0.3) is 0 Å². The van der Waals surface area contributed by atoms with Gasteiger partial charge in [-0.15, -0.1) is 0 Å². The summed E-state index contributed by atoms with van der Waals surface area (Å²) < 4.78 is 125. The van der Waals surface area contributed by atoms with Gasteiger partial charge in [0, 0.05) is 172 Å². The maximum absolute atomic E-state index is 11.9. The van der Waals surface area contributed by atoms with Crippen LogP contribution in [0.2, 0.25) is 0 Å². The van der Waals surface area contributed by atoms with Gasteiger partial charge in [-0.2, -0.15) is 12.6 Å². The fourth-order valence-corrected chi connectivity index (χ4v) is 12.7. The number of aliphatic hydroxyl groups excluding tert-OH is 2. The van der Waals surface area contributed by atoms with Gasteiger partial charge >= 0.3 is 120 Å². The number of rotatable bonds is 29. The molecule has 0 fully saturated rings. The van der Waals surface area contributed by atoms with Gasteiger partial charge in [-0.25, -0.2) is 59.0 Å². The van der Waals surface area contributed by atoms with Crippen molar-refractivity contribution in [1.29, 1.82) is 0 Å². The van der Waals surface area contributed by atoms with E-state index in [1.165, 1.54) is 112 Å². The summed E-state index contributed by atoms with van der Waals surface area (Å²) in [6.45, 7) is 16.4. The molecule has 3 radical (unpaired) electrons. The summed E-state index contributed by atoms with van der Waals surface area (Å²) in [6.07, 6.45) is 19.6. The number of carbonyl (C=O) groups excluding carboxylic acids is 11. The molecule has 0 spiro atoms. The molecule has 40 nitrogen and oxygen atoms in total. The molecule has 2 N–H and O–H groups in total. The molecule has 2 atom stereocenters. The molecule has 8 aromatic rings. The number of nitrogens with zero attached hydrogens (tertiary/aromatic N) is 8. The first-order valence-electron chi connectivity index (χ1n) is 41.2. The smallest absolute Gasteiger partial charge is 1.00 e. The molecule has 763 valence electrons. The van der Waals surface area contributed by atoms with Gasteiger partial charge in [-0.1, -0.05) is 14.9 Å². The topological polar surface area (TPSA) is 525 Å². The van der Waals surface area contributed by atoms with E-state index in [4.69, 9.17) is 73.7 Å². The number of ether oxygens (including phenoxy) is 15. The second-order valence-electron chi connectivity index (χ2n) is 24.8. The van der Waals surface area contributed by atoms with Crippen LogP contribution in [-0.4, -0.2) is 269 Å². The van der Waals surface area contributed by atoms with Crippen LogP contribution in [-0.2, 0) is 96.3 Å². The van der Waals surface area contributed by atoms with Gasteiger partial charge in [-0.05, 0) is 152 Å². The number of esters is 7. The minimum absolute atomic E-state index is 0. The van der Waals surface area contributed by atoms with Crippen molar-refractivity contribution in [2.75, 3.05) is 145 Å². The third kappa shape index (κ3) is 52.3. The number of aldehydes is 2. The first-order chi connectivity index (χ1) is 65.7. The molecule has 0 saturated heterocycles. The van der Waals surface area contributed by atoms with Gasteiger partial charge in [0.15, 0.2) is 24.1 Å². The van der Waals surface area contributed by atoms with E-state index in [-0.39, 0.29) is 185 Å². The minimum atomic E-state index is -3.28. The second-order valence-corrected chi connectivity index (χ2v) is 28.7. The van der Waals surface area contributed by atoms with Crippen LogP contribution in [0.3, 0.4) is 0 Å². The van der Waals surface area contributed by atoms with Crippen molar-refractivity contribution >= 4 is 132 Å². The van der Waals surface area contributed by atoms with E-state index in [0.29, 0.717) is 106 Å². The van der Waals surface area contributed by atoms with Crippen LogP contribution in [0.5, 0.6) is 47.0 Å². The van der Waals surface area contributed by atoms with E-state index in [9.17, 15) is 66.8 Å². The van der Waals surface area contributed by atoms with Crippen LogP contribution in [0.15, 0.2) is 119 Å². The van der Waals surface area contributed by atoms with Crippen LogP contribution in [0.4, 0.5) is 4.39 Å². The van der Waals surface area contributed by atoms with Crippen LogP contribution >= 0.6 is 52.1 Å². The number of carbonyl (C=O) groups is 11. The average Bonchev–Trinajstić information content (AvgIpc) is 1.64. The maximum Gasteiger partial charge on any atom is 1.00 e. The molecule has 3 aliphatic carbocycles. The molecule has 0 saturated carbocycles. The Balaban J connectivity index is -0.000000175. The Morgan fingerprint density at radius 1 is 0.536 bits per heavy atom. The molecule has 2 unspecified atom stereocenters. The van der Waals surface area contributed by atoms with Crippen molar-refractivity contribution < 1.29 is 223 Å². The van der Waals surface area contributed by atoms with Gasteiger partial charge in [0.2, 0.25) is 47.0 Å². The fraction of sp³-hybridized carbons (Fsp3) is 0.413. The van der Waals surface area contributed by atoms with E-state index >= 15 is 0 Å². The average molecular weight is 2160 g/mol. The SMILES string of the molecule is C.C.CCOC(=O)/C=C/c1cc(OC)ncc1C(=O)OC.CCOC(=O)C1Cc2cc(OC)ncc2C1=O.CCOC(=O)CCc1cc(OC)ncc1C(=O)OC.CCOC(=O)CP(=O)(OCC)OCC.CO.COC(=O)c1cnc(OC)cc1C=O.COc1cc(C=O)c(Br)cn1.COc1cc2c(cn1)C(=O)CC2.COc1cc2c(cn1)C(O)CC2.COc1ccc(Br)cn1.[2H]CF.[2H]CS.[B].[C-]#[O+].[H-].[H-].[HH].[Na+].[Na+]. The third-order valence-corrected chi connectivity index (χ3v) is 19.9. The number of fused-ring (bicyclic) bond motifs is 3. The molecule has 8 aromatic heterocycles.